The SMILES string of the molecule is CCCOc1c(Cl)cc(/C=N/NC(N)=S)cc1OCC. The van der Waals surface area contributed by atoms with E-state index in [1.165, 1.54) is 0 Å². The van der Waals surface area contributed by atoms with Gasteiger partial charge in [-0.05, 0) is 43.3 Å². The number of hydrogen-bond acceptors (Lipinski definition) is 4. The van der Waals surface area contributed by atoms with Gasteiger partial charge in [0.05, 0.1) is 24.5 Å². The first-order chi connectivity index (χ1) is 9.58. The van der Waals surface area contributed by atoms with Gasteiger partial charge < -0.3 is 15.2 Å². The van der Waals surface area contributed by atoms with E-state index in [1.54, 1.807) is 18.3 Å². The summed E-state index contributed by atoms with van der Waals surface area (Å²) in [6, 6.07) is 3.53. The summed E-state index contributed by atoms with van der Waals surface area (Å²) in [5.74, 6) is 1.14. The molecule has 20 heavy (non-hydrogen) atoms. The number of hydrogen-bond donors (Lipinski definition) is 2. The number of nitrogens with one attached hydrogen (secondary N) is 1. The second-order valence-electron chi connectivity index (χ2n) is 3.85. The van der Waals surface area contributed by atoms with Crippen molar-refractivity contribution >= 4 is 35.1 Å². The molecule has 0 aliphatic carbocycles. The summed E-state index contributed by atoms with van der Waals surface area (Å²) in [6.45, 7) is 5.02. The Morgan fingerprint density at radius 1 is 1.45 bits per heavy atom. The second-order valence-corrected chi connectivity index (χ2v) is 4.69. The quantitative estimate of drug-likeness (QED) is 0.460. The maximum absolute atomic E-state index is 6.21. The zero-order valence-corrected chi connectivity index (χ0v) is 13.1. The van der Waals surface area contributed by atoms with Crippen LogP contribution in [0.5, 0.6) is 11.5 Å². The lowest BCUT2D eigenvalue weighted by Gasteiger charge is -2.13. The molecule has 0 unspecified atom stereocenters. The fourth-order valence-electron chi connectivity index (χ4n) is 1.44. The minimum Gasteiger partial charge on any atom is -0.490 e. The van der Waals surface area contributed by atoms with Gasteiger partial charge in [-0.2, -0.15) is 5.10 Å². The van der Waals surface area contributed by atoms with Gasteiger partial charge in [0.15, 0.2) is 16.6 Å². The van der Waals surface area contributed by atoms with E-state index in [1.807, 2.05) is 13.8 Å². The van der Waals surface area contributed by atoms with Crippen molar-refractivity contribution in [2.24, 2.45) is 10.8 Å². The van der Waals surface area contributed by atoms with Gasteiger partial charge in [0.2, 0.25) is 0 Å². The van der Waals surface area contributed by atoms with Gasteiger partial charge in [-0.15, -0.1) is 0 Å². The summed E-state index contributed by atoms with van der Waals surface area (Å²) in [7, 11) is 0. The van der Waals surface area contributed by atoms with Crippen LogP contribution in [0.25, 0.3) is 0 Å². The van der Waals surface area contributed by atoms with Crippen LogP contribution >= 0.6 is 23.8 Å². The molecule has 0 aliphatic heterocycles. The summed E-state index contributed by atoms with van der Waals surface area (Å²) in [5.41, 5.74) is 8.51. The van der Waals surface area contributed by atoms with Crippen LogP contribution in [-0.2, 0) is 0 Å². The molecule has 0 bridgehead atoms. The lowest BCUT2D eigenvalue weighted by Crippen LogP contribution is -2.23. The standard InChI is InChI=1S/C13H18ClN3O2S/c1-3-5-19-12-10(14)6-9(7-11(12)18-4-2)8-16-17-13(15)20/h6-8H,3-5H2,1-2H3,(H3,15,17,20)/b16-8+. The molecule has 0 heterocycles. The third kappa shape index (κ3) is 5.22. The summed E-state index contributed by atoms with van der Waals surface area (Å²) < 4.78 is 11.2. The molecule has 0 atom stereocenters. The maximum atomic E-state index is 6.21. The van der Waals surface area contributed by atoms with E-state index in [4.69, 9.17) is 26.8 Å². The van der Waals surface area contributed by atoms with Crippen molar-refractivity contribution < 1.29 is 9.47 Å². The van der Waals surface area contributed by atoms with Gasteiger partial charge in [0, 0.05) is 0 Å². The third-order valence-corrected chi connectivity index (χ3v) is 2.54. The highest BCUT2D eigenvalue weighted by Crippen LogP contribution is 2.36. The normalized spacial score (nSPS) is 10.6. The van der Waals surface area contributed by atoms with E-state index in [0.29, 0.717) is 29.7 Å². The Morgan fingerprint density at radius 3 is 2.80 bits per heavy atom. The van der Waals surface area contributed by atoms with Gasteiger partial charge >= 0.3 is 0 Å². The molecule has 7 heteroatoms. The first-order valence-corrected chi connectivity index (χ1v) is 7.04. The Bertz CT molecular complexity index is 495. The third-order valence-electron chi connectivity index (χ3n) is 2.17. The fraction of sp³-hybridized carbons (Fsp3) is 0.385. The molecule has 0 aliphatic rings. The molecule has 0 saturated heterocycles. The lowest BCUT2D eigenvalue weighted by molar-refractivity contribution is 0.277. The molecule has 0 saturated carbocycles. The molecule has 1 aromatic rings. The summed E-state index contributed by atoms with van der Waals surface area (Å²) in [4.78, 5) is 0. The van der Waals surface area contributed by atoms with Gasteiger partial charge in [-0.3, -0.25) is 5.43 Å². The predicted molar refractivity (Wildman–Crippen MR) is 85.9 cm³/mol. The molecular weight excluding hydrogens is 298 g/mol. The zero-order chi connectivity index (χ0) is 15.0. The Morgan fingerprint density at radius 2 is 2.20 bits per heavy atom. The van der Waals surface area contributed by atoms with Crippen molar-refractivity contribution in [3.63, 3.8) is 0 Å². The zero-order valence-electron chi connectivity index (χ0n) is 11.5. The second kappa shape index (κ2) is 8.60. The van der Waals surface area contributed by atoms with Crippen LogP contribution in [0, 0.1) is 0 Å². The van der Waals surface area contributed by atoms with Crippen molar-refractivity contribution in [2.75, 3.05) is 13.2 Å². The highest BCUT2D eigenvalue weighted by Gasteiger charge is 2.11. The number of thiocarbonyl (C=S) groups is 1. The van der Waals surface area contributed by atoms with Crippen molar-refractivity contribution in [3.05, 3.63) is 22.7 Å². The molecule has 5 nitrogen and oxygen atoms in total. The molecule has 0 fully saturated rings. The van der Waals surface area contributed by atoms with E-state index >= 15 is 0 Å². The number of hydrazone groups is 1. The highest BCUT2D eigenvalue weighted by atomic mass is 35.5. The van der Waals surface area contributed by atoms with Crippen LogP contribution in [0.3, 0.4) is 0 Å². The molecular formula is C13H18ClN3O2S. The van der Waals surface area contributed by atoms with Gasteiger partial charge in [-0.25, -0.2) is 0 Å². The van der Waals surface area contributed by atoms with Crippen LogP contribution < -0.4 is 20.6 Å². The molecule has 3 N–H and O–H groups in total. The van der Waals surface area contributed by atoms with E-state index in [2.05, 4.69) is 22.7 Å². The van der Waals surface area contributed by atoms with Crippen molar-refractivity contribution in [2.45, 2.75) is 20.3 Å². The average Bonchev–Trinajstić information content (AvgIpc) is 2.38. The molecule has 0 aromatic heterocycles. The first kappa shape index (κ1) is 16.5. The minimum atomic E-state index is 0.0975. The van der Waals surface area contributed by atoms with Crippen LogP contribution in [0.15, 0.2) is 17.2 Å². The first-order valence-electron chi connectivity index (χ1n) is 6.26. The molecule has 0 amide bonds. The number of nitrogens with two attached hydrogens (primary N) is 1. The number of benzene rings is 1. The monoisotopic (exact) mass is 315 g/mol. The van der Waals surface area contributed by atoms with Crippen LogP contribution in [0.2, 0.25) is 5.02 Å². The van der Waals surface area contributed by atoms with Crippen molar-refractivity contribution in [1.82, 2.24) is 5.43 Å². The highest BCUT2D eigenvalue weighted by molar-refractivity contribution is 7.80. The van der Waals surface area contributed by atoms with Crippen LogP contribution in [0.1, 0.15) is 25.8 Å². The number of nitrogens with zero attached hydrogens (tertiary/aromatic N) is 1. The van der Waals surface area contributed by atoms with Gasteiger partial charge in [0.1, 0.15) is 0 Å². The Balaban J connectivity index is 2.99. The van der Waals surface area contributed by atoms with Crippen LogP contribution in [0.4, 0.5) is 0 Å². The maximum Gasteiger partial charge on any atom is 0.184 e. The molecule has 0 spiro atoms. The van der Waals surface area contributed by atoms with Crippen molar-refractivity contribution in [3.8, 4) is 11.5 Å². The van der Waals surface area contributed by atoms with E-state index in [-0.39, 0.29) is 5.11 Å². The Hall–Kier alpha value is -1.53. The topological polar surface area (TPSA) is 68.9 Å². The largest absolute Gasteiger partial charge is 0.490 e. The van der Waals surface area contributed by atoms with E-state index < -0.39 is 0 Å². The summed E-state index contributed by atoms with van der Waals surface area (Å²) in [6.07, 6.45) is 2.44. The summed E-state index contributed by atoms with van der Waals surface area (Å²) in [5, 5.41) is 4.45. The molecule has 1 rings (SSSR count). The van der Waals surface area contributed by atoms with E-state index in [9.17, 15) is 0 Å². The Labute approximate surface area is 129 Å². The van der Waals surface area contributed by atoms with Gasteiger partial charge in [-0.1, -0.05) is 18.5 Å². The van der Waals surface area contributed by atoms with Crippen molar-refractivity contribution in [1.29, 1.82) is 0 Å². The fourth-order valence-corrected chi connectivity index (χ4v) is 1.77. The number of ether oxygens (including phenoxy) is 2. The van der Waals surface area contributed by atoms with Crippen LogP contribution in [-0.4, -0.2) is 24.5 Å². The summed E-state index contributed by atoms with van der Waals surface area (Å²) >= 11 is 10.9. The predicted octanol–water partition coefficient (Wildman–Crippen LogP) is 2.69. The molecule has 0 radical (unpaired) electrons. The minimum absolute atomic E-state index is 0.0975. The van der Waals surface area contributed by atoms with Gasteiger partial charge in [0.25, 0.3) is 0 Å². The lowest BCUT2D eigenvalue weighted by atomic mass is 10.2. The molecule has 1 aromatic carbocycles. The number of halogens is 1. The average molecular weight is 316 g/mol. The smallest absolute Gasteiger partial charge is 0.184 e. The van der Waals surface area contributed by atoms with E-state index in [0.717, 1.165) is 12.0 Å². The number of rotatable bonds is 7. The Kier molecular flexibility index (Phi) is 7.11. The molecule has 110 valence electrons.